The first-order chi connectivity index (χ1) is 10.4. The van der Waals surface area contributed by atoms with Crippen LogP contribution in [0.3, 0.4) is 0 Å². The molecule has 8 heteroatoms. The molecule has 1 aromatic rings. The first-order valence-corrected chi connectivity index (χ1v) is 6.72. The van der Waals surface area contributed by atoms with Gasteiger partial charge in [0.05, 0.1) is 5.69 Å². The highest BCUT2D eigenvalue weighted by Crippen LogP contribution is 2.17. The minimum Gasteiger partial charge on any atom is -0.491 e. The zero-order chi connectivity index (χ0) is 16.4. The van der Waals surface area contributed by atoms with E-state index < -0.39 is 11.7 Å². The van der Waals surface area contributed by atoms with E-state index >= 15 is 0 Å². The van der Waals surface area contributed by atoms with Crippen LogP contribution in [0.1, 0.15) is 20.8 Å². The van der Waals surface area contributed by atoms with E-state index in [9.17, 15) is 4.79 Å². The van der Waals surface area contributed by atoms with E-state index in [0.29, 0.717) is 24.7 Å². The molecule has 0 aliphatic carbocycles. The summed E-state index contributed by atoms with van der Waals surface area (Å²) in [6, 6.07) is 7.07. The van der Waals surface area contributed by atoms with Crippen LogP contribution in [0.5, 0.6) is 5.75 Å². The molecular weight excluding hydrogens is 288 g/mol. The number of hydrogen-bond donors (Lipinski definition) is 3. The quantitative estimate of drug-likeness (QED) is 0.306. The molecule has 1 amide bonds. The van der Waals surface area contributed by atoms with Crippen LogP contribution in [0.2, 0.25) is 0 Å². The monoisotopic (exact) mass is 310 g/mol. The first kappa shape index (κ1) is 17.7. The number of aliphatic imine (C=N–C) groups is 1. The molecule has 0 radical (unpaired) electrons. The van der Waals surface area contributed by atoms with Gasteiger partial charge in [-0.15, -0.1) is 0 Å². The molecule has 0 aromatic heterocycles. The van der Waals surface area contributed by atoms with Crippen molar-refractivity contribution in [2.24, 2.45) is 10.9 Å². The average Bonchev–Trinajstić information content (AvgIpc) is 2.43. The summed E-state index contributed by atoms with van der Waals surface area (Å²) in [7, 11) is 0. The maximum absolute atomic E-state index is 11.3. The van der Waals surface area contributed by atoms with Crippen molar-refractivity contribution < 1.29 is 19.1 Å². The number of nitrogens with two attached hydrogens (primary N) is 1. The summed E-state index contributed by atoms with van der Waals surface area (Å²) in [4.78, 5) is 19.9. The van der Waals surface area contributed by atoms with Gasteiger partial charge in [0.25, 0.3) is 0 Å². The molecule has 0 spiro atoms. The van der Waals surface area contributed by atoms with Crippen LogP contribution < -0.4 is 21.5 Å². The summed E-state index contributed by atoms with van der Waals surface area (Å²) in [5.41, 5.74) is 5.03. The van der Waals surface area contributed by atoms with Crippen molar-refractivity contribution in [2.75, 3.05) is 13.2 Å². The number of nitrogens with zero attached hydrogens (tertiary/aromatic N) is 1. The van der Waals surface area contributed by atoms with Gasteiger partial charge in [-0.05, 0) is 45.0 Å². The molecule has 122 valence electrons. The second-order valence-electron chi connectivity index (χ2n) is 5.24. The van der Waals surface area contributed by atoms with Crippen molar-refractivity contribution in [2.45, 2.75) is 26.4 Å². The van der Waals surface area contributed by atoms with Crippen molar-refractivity contribution >= 4 is 18.1 Å². The van der Waals surface area contributed by atoms with Gasteiger partial charge < -0.3 is 14.3 Å². The molecule has 0 bridgehead atoms. The Morgan fingerprint density at radius 3 is 2.55 bits per heavy atom. The lowest BCUT2D eigenvalue weighted by molar-refractivity contribution is 0.0514. The van der Waals surface area contributed by atoms with E-state index in [0.717, 1.165) is 0 Å². The number of carbonyl (C=O) groups is 1. The Bertz CT molecular complexity index is 483. The molecule has 0 heterocycles. The van der Waals surface area contributed by atoms with Crippen molar-refractivity contribution in [3.63, 3.8) is 0 Å². The Morgan fingerprint density at radius 1 is 1.27 bits per heavy atom. The summed E-state index contributed by atoms with van der Waals surface area (Å²) in [6.07, 6.45) is 0.770. The van der Waals surface area contributed by atoms with Crippen LogP contribution in [0.4, 0.5) is 10.5 Å². The molecule has 0 saturated carbocycles. The highest BCUT2D eigenvalue weighted by atomic mass is 16.6. The van der Waals surface area contributed by atoms with Gasteiger partial charge >= 0.3 is 6.09 Å². The number of hydrazine groups is 1. The van der Waals surface area contributed by atoms with Gasteiger partial charge in [0, 0.05) is 0 Å². The lowest BCUT2D eigenvalue weighted by Gasteiger charge is -2.19. The SMILES string of the molecule is CC(C)(C)OC(=O)NNC=Nc1ccc(OCCON)cc1. The van der Waals surface area contributed by atoms with Crippen molar-refractivity contribution in [3.05, 3.63) is 24.3 Å². The normalized spacial score (nSPS) is 11.3. The Kier molecular flexibility index (Phi) is 7.14. The number of carbonyl (C=O) groups excluding carboxylic acids is 1. The van der Waals surface area contributed by atoms with Crippen molar-refractivity contribution in [1.82, 2.24) is 10.9 Å². The van der Waals surface area contributed by atoms with Crippen LogP contribution in [0.25, 0.3) is 0 Å². The smallest absolute Gasteiger partial charge is 0.426 e. The minimum absolute atomic E-state index is 0.320. The average molecular weight is 310 g/mol. The largest absolute Gasteiger partial charge is 0.491 e. The fourth-order valence-corrected chi connectivity index (χ4v) is 1.34. The van der Waals surface area contributed by atoms with Crippen molar-refractivity contribution in [1.29, 1.82) is 0 Å². The topological polar surface area (TPSA) is 107 Å². The lowest BCUT2D eigenvalue weighted by atomic mass is 10.2. The second-order valence-corrected chi connectivity index (χ2v) is 5.24. The van der Waals surface area contributed by atoms with Gasteiger partial charge in [-0.2, -0.15) is 0 Å². The third kappa shape index (κ3) is 8.08. The number of nitrogens with one attached hydrogen (secondary N) is 2. The predicted molar refractivity (Wildman–Crippen MR) is 82.7 cm³/mol. The Hall–Kier alpha value is -2.32. The molecule has 0 aliphatic heterocycles. The fraction of sp³-hybridized carbons (Fsp3) is 0.429. The summed E-state index contributed by atoms with van der Waals surface area (Å²) < 4.78 is 10.4. The molecule has 1 rings (SSSR count). The molecule has 0 unspecified atom stereocenters. The number of amides is 1. The summed E-state index contributed by atoms with van der Waals surface area (Å²) in [6.45, 7) is 6.04. The van der Waals surface area contributed by atoms with E-state index in [1.54, 1.807) is 45.0 Å². The molecule has 0 aliphatic rings. The highest BCUT2D eigenvalue weighted by molar-refractivity contribution is 5.71. The van der Waals surface area contributed by atoms with E-state index in [1.807, 2.05) is 0 Å². The highest BCUT2D eigenvalue weighted by Gasteiger charge is 2.15. The molecule has 1 aromatic carbocycles. The van der Waals surface area contributed by atoms with Crippen LogP contribution in [-0.4, -0.2) is 31.2 Å². The zero-order valence-electron chi connectivity index (χ0n) is 13.0. The van der Waals surface area contributed by atoms with E-state index in [-0.39, 0.29) is 0 Å². The first-order valence-electron chi connectivity index (χ1n) is 6.72. The third-order valence-corrected chi connectivity index (χ3v) is 2.16. The minimum atomic E-state index is -0.579. The number of benzene rings is 1. The lowest BCUT2D eigenvalue weighted by Crippen LogP contribution is -2.40. The second kappa shape index (κ2) is 8.85. The van der Waals surface area contributed by atoms with Gasteiger partial charge in [-0.3, -0.25) is 5.43 Å². The molecule has 0 atom stereocenters. The van der Waals surface area contributed by atoms with Crippen LogP contribution in [-0.2, 0) is 9.57 Å². The van der Waals surface area contributed by atoms with Gasteiger partial charge in [0.15, 0.2) is 0 Å². The molecule has 0 saturated heterocycles. The number of hydrogen-bond acceptors (Lipinski definition) is 6. The Balaban J connectivity index is 2.33. The van der Waals surface area contributed by atoms with E-state index in [1.165, 1.54) is 6.34 Å². The van der Waals surface area contributed by atoms with Crippen LogP contribution in [0.15, 0.2) is 29.3 Å². The van der Waals surface area contributed by atoms with Crippen LogP contribution >= 0.6 is 0 Å². The summed E-state index contributed by atoms with van der Waals surface area (Å²) in [5.74, 6) is 5.59. The zero-order valence-corrected chi connectivity index (χ0v) is 13.0. The fourth-order valence-electron chi connectivity index (χ4n) is 1.34. The van der Waals surface area contributed by atoms with Crippen LogP contribution in [0, 0.1) is 0 Å². The maximum atomic E-state index is 11.3. The standard InChI is InChI=1S/C14H22N4O4/c1-14(2,3)22-13(19)18-17-10-16-11-4-6-12(7-5-11)20-8-9-21-15/h4-7,10H,8-9,15H2,1-3H3,(H,16,17)(H,18,19). The Labute approximate surface area is 129 Å². The van der Waals surface area contributed by atoms with E-state index in [2.05, 4.69) is 20.7 Å². The number of rotatable bonds is 7. The Morgan fingerprint density at radius 2 is 1.95 bits per heavy atom. The summed E-state index contributed by atoms with van der Waals surface area (Å²) in [5, 5.41) is 0. The molecule has 0 fully saturated rings. The van der Waals surface area contributed by atoms with Crippen molar-refractivity contribution in [3.8, 4) is 5.75 Å². The maximum Gasteiger partial charge on any atom is 0.426 e. The van der Waals surface area contributed by atoms with E-state index in [4.69, 9.17) is 15.4 Å². The van der Waals surface area contributed by atoms with Gasteiger partial charge in [0.1, 0.15) is 30.9 Å². The molecule has 22 heavy (non-hydrogen) atoms. The van der Waals surface area contributed by atoms with Gasteiger partial charge in [-0.1, -0.05) is 0 Å². The predicted octanol–water partition coefficient (Wildman–Crippen LogP) is 1.64. The number of ether oxygens (including phenoxy) is 2. The molecule has 8 nitrogen and oxygen atoms in total. The molecular formula is C14H22N4O4. The summed E-state index contributed by atoms with van der Waals surface area (Å²) >= 11 is 0. The molecule has 4 N–H and O–H groups in total. The van der Waals surface area contributed by atoms with Gasteiger partial charge in [-0.25, -0.2) is 21.1 Å². The third-order valence-electron chi connectivity index (χ3n) is 2.16. The van der Waals surface area contributed by atoms with Gasteiger partial charge in [0.2, 0.25) is 0 Å².